The maximum absolute atomic E-state index is 14.5. The summed E-state index contributed by atoms with van der Waals surface area (Å²) in [4.78, 5) is 72.2. The van der Waals surface area contributed by atoms with Crippen LogP contribution in [0.15, 0.2) is 47.6 Å². The Bertz CT molecular complexity index is 1940. The van der Waals surface area contributed by atoms with Gasteiger partial charge in [-0.2, -0.15) is 0 Å². The summed E-state index contributed by atoms with van der Waals surface area (Å²) in [5, 5.41) is 23.5. The van der Waals surface area contributed by atoms with Gasteiger partial charge in [0.05, 0.1) is 30.5 Å². The third-order valence-corrected chi connectivity index (χ3v) is 15.6. The van der Waals surface area contributed by atoms with E-state index in [2.05, 4.69) is 0 Å². The Hall–Kier alpha value is -3.14. The van der Waals surface area contributed by atoms with Crippen LogP contribution in [0.3, 0.4) is 0 Å². The minimum absolute atomic E-state index is 0.0144. The zero-order valence-corrected chi connectivity index (χ0v) is 44.3. The van der Waals surface area contributed by atoms with E-state index in [4.69, 9.17) is 28.2 Å². The van der Waals surface area contributed by atoms with Crippen molar-refractivity contribution < 1.29 is 67.0 Å². The molecule has 2 bridgehead atoms. The molecule has 4 rings (SSSR count). The number of methoxy groups -OCH3 is 3. The molecule has 1 unspecified atom stereocenters. The van der Waals surface area contributed by atoms with Crippen molar-refractivity contribution in [2.24, 2.45) is 35.5 Å². The Labute approximate surface area is 411 Å². The Morgan fingerprint density at radius 1 is 0.870 bits per heavy atom. The lowest BCUT2D eigenvalue weighted by molar-refractivity contribution is -0.265. The molecule has 1 aliphatic carbocycles. The number of allylic oxidation sites excluding steroid dienone is 6. The molecule has 0 radical (unpaired) electrons. The van der Waals surface area contributed by atoms with Gasteiger partial charge in [0, 0.05) is 71.8 Å². The number of esters is 1. The second-order valence-corrected chi connectivity index (χ2v) is 23.6. The highest BCUT2D eigenvalue weighted by Crippen LogP contribution is 2.45. The Morgan fingerprint density at radius 3 is 2.23 bits per heavy atom. The number of aliphatic hydroxyl groups excluding tert-OH is 1. The van der Waals surface area contributed by atoms with Gasteiger partial charge in [-0.15, -0.1) is 0 Å². The van der Waals surface area contributed by atoms with Crippen molar-refractivity contribution in [1.82, 2.24) is 4.90 Å². The first-order valence-electron chi connectivity index (χ1n) is 25.2. The number of rotatable bonds is 8. The summed E-state index contributed by atoms with van der Waals surface area (Å²) >= 11 is 0. The Balaban J connectivity index is 1.70. The van der Waals surface area contributed by atoms with E-state index in [1.807, 2.05) is 58.1 Å². The van der Waals surface area contributed by atoms with Gasteiger partial charge < -0.3 is 43.3 Å². The minimum Gasteiger partial charge on any atom is -0.460 e. The molecule has 4 aliphatic rings. The van der Waals surface area contributed by atoms with Crippen molar-refractivity contribution >= 4 is 36.6 Å². The van der Waals surface area contributed by atoms with Crippen molar-refractivity contribution in [2.75, 3.05) is 41.2 Å². The molecule has 3 fully saturated rings. The standard InChI is InChI=1S/C53H84NO14P/c1-32-18-14-13-15-19-33(2)44(63-8)30-40-23-21-38(7)53(61,67-40)50(58)51(59)54-25-17-16-20-41(54)52(60)66-45(35(4)28-39-22-24-43(46(29-39)64-9)68-69(11,12)62)31-42(55)34(3)27-37(6)48(57)49(65-10)47(56)36(5)26-32/h13-15,18-19,27,32,35-41,43-46,48-49,57,61H,16-17,20-26,28-31H2,1-12H3/b15-13?,18-14?,33-19?,34-27+/t32-,35-,36-,37?,38-,39+,40+,41+,43-,44+,45+,46-,48-,49+,53-/m1/s1. The van der Waals surface area contributed by atoms with Crippen LogP contribution in [-0.2, 0) is 56.7 Å². The Morgan fingerprint density at radius 2 is 1.58 bits per heavy atom. The molecular formula is C53H84NO14P. The van der Waals surface area contributed by atoms with E-state index in [0.717, 1.165) is 12.0 Å². The first kappa shape index (κ1) is 58.4. The van der Waals surface area contributed by atoms with E-state index < -0.39 is 85.1 Å². The number of hydrogen-bond donors (Lipinski definition) is 2. The molecule has 3 aliphatic heterocycles. The van der Waals surface area contributed by atoms with Gasteiger partial charge >= 0.3 is 5.97 Å². The maximum Gasteiger partial charge on any atom is 0.329 e. The van der Waals surface area contributed by atoms with Gasteiger partial charge in [-0.3, -0.25) is 23.7 Å². The van der Waals surface area contributed by atoms with Gasteiger partial charge in [0.25, 0.3) is 11.7 Å². The number of fused-ring (bicyclic) bond motifs is 3. The van der Waals surface area contributed by atoms with Gasteiger partial charge in [-0.1, -0.05) is 71.1 Å². The van der Waals surface area contributed by atoms with E-state index in [1.165, 1.54) is 12.0 Å². The number of carbonyl (C=O) groups excluding carboxylic acids is 5. The van der Waals surface area contributed by atoms with Crippen LogP contribution in [-0.4, -0.2) is 140 Å². The average molecular weight is 990 g/mol. The van der Waals surface area contributed by atoms with E-state index in [9.17, 15) is 38.8 Å². The fourth-order valence-corrected chi connectivity index (χ4v) is 11.5. The quantitative estimate of drug-likeness (QED) is 0.136. The third kappa shape index (κ3) is 16.2. The number of cyclic esters (lactones) is 1. The van der Waals surface area contributed by atoms with E-state index in [1.54, 1.807) is 54.4 Å². The minimum atomic E-state index is -2.79. The van der Waals surface area contributed by atoms with E-state index >= 15 is 0 Å². The predicted molar refractivity (Wildman–Crippen MR) is 263 cm³/mol. The molecule has 2 N–H and O–H groups in total. The molecule has 1 amide bonds. The van der Waals surface area contributed by atoms with Crippen LogP contribution in [0.2, 0.25) is 0 Å². The summed E-state index contributed by atoms with van der Waals surface area (Å²) in [7, 11) is 1.76. The lowest BCUT2D eigenvalue weighted by Gasteiger charge is -2.42. The zero-order chi connectivity index (χ0) is 51.4. The number of carbonyl (C=O) groups is 5. The molecule has 2 saturated heterocycles. The summed E-state index contributed by atoms with van der Waals surface area (Å²) < 4.78 is 48.2. The molecule has 15 atom stereocenters. The predicted octanol–water partition coefficient (Wildman–Crippen LogP) is 7.74. The van der Waals surface area contributed by atoms with Gasteiger partial charge in [-0.05, 0) is 107 Å². The van der Waals surface area contributed by atoms with Crippen molar-refractivity contribution in [1.29, 1.82) is 0 Å². The van der Waals surface area contributed by atoms with Crippen LogP contribution in [0, 0.1) is 35.5 Å². The summed E-state index contributed by atoms with van der Waals surface area (Å²) in [6.07, 6.45) is 11.4. The highest BCUT2D eigenvalue weighted by Gasteiger charge is 2.53. The number of aliphatic hydroxyl groups is 2. The largest absolute Gasteiger partial charge is 0.460 e. The molecule has 1 saturated carbocycles. The topological polar surface area (TPSA) is 201 Å². The Kier molecular flexibility index (Phi) is 22.5. The van der Waals surface area contributed by atoms with Gasteiger partial charge in [0.1, 0.15) is 18.2 Å². The van der Waals surface area contributed by atoms with Gasteiger partial charge in [-0.25, -0.2) is 4.79 Å². The molecule has 0 aromatic carbocycles. The number of ketones is 3. The number of hydrogen-bond acceptors (Lipinski definition) is 14. The molecule has 69 heavy (non-hydrogen) atoms. The van der Waals surface area contributed by atoms with E-state index in [-0.39, 0.29) is 60.9 Å². The lowest BCUT2D eigenvalue weighted by atomic mass is 9.78. The lowest BCUT2D eigenvalue weighted by Crippen LogP contribution is -2.61. The highest BCUT2D eigenvalue weighted by atomic mass is 31.2. The normalized spacial score (nSPS) is 37.3. The number of ether oxygens (including phenoxy) is 5. The number of piperidine rings is 1. The maximum atomic E-state index is 14.5. The highest BCUT2D eigenvalue weighted by molar-refractivity contribution is 7.57. The summed E-state index contributed by atoms with van der Waals surface area (Å²) in [6.45, 7) is 15.9. The summed E-state index contributed by atoms with van der Waals surface area (Å²) in [6, 6.07) is -1.16. The van der Waals surface area contributed by atoms with Crippen molar-refractivity contribution in [3.63, 3.8) is 0 Å². The van der Waals surface area contributed by atoms with Crippen molar-refractivity contribution in [3.8, 4) is 0 Å². The molecule has 0 aromatic rings. The summed E-state index contributed by atoms with van der Waals surface area (Å²) in [5.74, 6) is -8.08. The first-order valence-corrected chi connectivity index (χ1v) is 27.7. The molecule has 3 heterocycles. The number of amides is 1. The molecule has 16 heteroatoms. The fourth-order valence-electron chi connectivity index (χ4n) is 10.6. The van der Waals surface area contributed by atoms with Crippen LogP contribution in [0.5, 0.6) is 0 Å². The number of Topliss-reactive ketones (excluding diaryl/α,β-unsaturated/α-hetero) is 3. The van der Waals surface area contributed by atoms with E-state index in [0.29, 0.717) is 63.4 Å². The SMILES string of the molecule is CO[C@H]1C[C@@H]2CC[C@@H](C)[C@@](O)(O2)C(=O)C(=O)N2CCCC[C@H]2C(=O)O[C@H]([C@H](C)C[C@@H]2CC[C@@H](OP(C)(C)=O)[C@H](OC)C2)CC(=O)/C(C)=C/C(C)[C@@H](O)[C@@H](OC)C(=O)[C@H](C)C[C@H](C)C=CC=CC=C1C. The molecule has 0 aromatic heterocycles. The van der Waals surface area contributed by atoms with Crippen LogP contribution < -0.4 is 0 Å². The van der Waals surface area contributed by atoms with Gasteiger partial charge in [0.2, 0.25) is 5.79 Å². The molecular weight excluding hydrogens is 906 g/mol. The smallest absolute Gasteiger partial charge is 0.329 e. The second-order valence-electron chi connectivity index (χ2n) is 20.9. The fraction of sp³-hybridized carbons (Fsp3) is 0.755. The third-order valence-electron chi connectivity index (χ3n) is 14.9. The van der Waals surface area contributed by atoms with Crippen molar-refractivity contribution in [2.45, 2.75) is 180 Å². The average Bonchev–Trinajstić information content (AvgIpc) is 3.30. The van der Waals surface area contributed by atoms with Crippen molar-refractivity contribution in [3.05, 3.63) is 47.6 Å². The second kappa shape index (κ2) is 26.5. The number of nitrogens with zero attached hydrogens (tertiary/aromatic N) is 1. The molecule has 390 valence electrons. The van der Waals surface area contributed by atoms with Gasteiger partial charge in [0.15, 0.2) is 18.9 Å². The van der Waals surface area contributed by atoms with Crippen LogP contribution in [0.1, 0.15) is 126 Å². The van der Waals surface area contributed by atoms with Crippen LogP contribution >= 0.6 is 7.37 Å². The first-order chi connectivity index (χ1) is 32.4. The van der Waals surface area contributed by atoms with Crippen LogP contribution in [0.4, 0.5) is 0 Å². The monoisotopic (exact) mass is 990 g/mol. The summed E-state index contributed by atoms with van der Waals surface area (Å²) in [5.41, 5.74) is 1.18. The van der Waals surface area contributed by atoms with Crippen LogP contribution in [0.25, 0.3) is 0 Å². The zero-order valence-electron chi connectivity index (χ0n) is 43.4. The molecule has 15 nitrogen and oxygen atoms in total. The molecule has 0 spiro atoms.